The Labute approximate surface area is 120 Å². The van der Waals surface area contributed by atoms with Crippen LogP contribution in [0.3, 0.4) is 0 Å². The molecule has 1 aromatic heterocycles. The van der Waals surface area contributed by atoms with Gasteiger partial charge in [0.2, 0.25) is 0 Å². The van der Waals surface area contributed by atoms with Crippen LogP contribution < -0.4 is 5.32 Å². The van der Waals surface area contributed by atoms with Gasteiger partial charge in [-0.15, -0.1) is 0 Å². The Morgan fingerprint density at radius 3 is 2.53 bits per heavy atom. The normalized spacial score (nSPS) is 11.6. The third-order valence-corrected chi connectivity index (χ3v) is 3.07. The third kappa shape index (κ3) is 3.67. The maximum atomic E-state index is 12.9. The van der Waals surface area contributed by atoms with Gasteiger partial charge in [-0.2, -0.15) is 13.2 Å². The topological polar surface area (TPSA) is 25.2 Å². The molecule has 2 rings (SSSR count). The minimum absolute atomic E-state index is 0.0109. The summed E-state index contributed by atoms with van der Waals surface area (Å²) in [5.74, 6) is 0.459. The van der Waals surface area contributed by atoms with Crippen LogP contribution in [0.2, 0.25) is 5.22 Å². The van der Waals surface area contributed by atoms with E-state index < -0.39 is 11.7 Å². The van der Waals surface area contributed by atoms with E-state index in [0.29, 0.717) is 10.2 Å². The first-order chi connectivity index (χ1) is 8.86. The van der Waals surface area contributed by atoms with Crippen molar-refractivity contribution in [3.63, 3.8) is 0 Å². The first-order valence-corrected chi connectivity index (χ1v) is 6.38. The number of furan rings is 1. The molecular formula is C12H8BrClF3NO. The largest absolute Gasteiger partial charge is 0.448 e. The van der Waals surface area contributed by atoms with E-state index in [1.807, 2.05) is 0 Å². The lowest BCUT2D eigenvalue weighted by atomic mass is 10.1. The quantitative estimate of drug-likeness (QED) is 0.806. The molecule has 0 unspecified atom stereocenters. The van der Waals surface area contributed by atoms with Crippen LogP contribution >= 0.6 is 27.5 Å². The van der Waals surface area contributed by atoms with Crippen LogP contribution in [0.25, 0.3) is 0 Å². The lowest BCUT2D eigenvalue weighted by Gasteiger charge is -2.14. The molecule has 0 spiro atoms. The second-order valence-electron chi connectivity index (χ2n) is 3.75. The smallest absolute Gasteiger partial charge is 0.418 e. The molecule has 0 bridgehead atoms. The molecule has 2 nitrogen and oxygen atoms in total. The number of anilines is 1. The van der Waals surface area contributed by atoms with E-state index >= 15 is 0 Å². The molecule has 0 aliphatic carbocycles. The molecule has 0 fully saturated rings. The third-order valence-electron chi connectivity index (χ3n) is 2.37. The van der Waals surface area contributed by atoms with Crippen LogP contribution in [0.4, 0.5) is 18.9 Å². The summed E-state index contributed by atoms with van der Waals surface area (Å²) in [5, 5.41) is 2.88. The number of nitrogens with one attached hydrogen (secondary N) is 1. The number of alkyl halides is 3. The molecule has 0 amide bonds. The minimum atomic E-state index is -4.42. The fourth-order valence-electron chi connectivity index (χ4n) is 1.53. The SMILES string of the molecule is FC(F)(F)c1cc(Br)ccc1NCc1ccc(Cl)o1. The Morgan fingerprint density at radius 2 is 1.95 bits per heavy atom. The van der Waals surface area contributed by atoms with Gasteiger partial charge in [-0.1, -0.05) is 15.9 Å². The fourth-order valence-corrected chi connectivity index (χ4v) is 2.06. The minimum Gasteiger partial charge on any atom is -0.448 e. The molecule has 1 heterocycles. The maximum Gasteiger partial charge on any atom is 0.418 e. The lowest BCUT2D eigenvalue weighted by molar-refractivity contribution is -0.137. The monoisotopic (exact) mass is 353 g/mol. The number of rotatable bonds is 3. The molecule has 0 saturated heterocycles. The summed E-state index contributed by atoms with van der Waals surface area (Å²) in [6.07, 6.45) is -4.42. The highest BCUT2D eigenvalue weighted by Crippen LogP contribution is 2.36. The van der Waals surface area contributed by atoms with Crippen LogP contribution in [-0.4, -0.2) is 0 Å². The van der Waals surface area contributed by atoms with Crippen LogP contribution in [0.15, 0.2) is 39.2 Å². The van der Waals surface area contributed by atoms with Gasteiger partial charge in [0.1, 0.15) is 5.76 Å². The Balaban J connectivity index is 2.20. The van der Waals surface area contributed by atoms with Gasteiger partial charge in [-0.05, 0) is 41.9 Å². The van der Waals surface area contributed by atoms with E-state index in [4.69, 9.17) is 16.0 Å². The Hall–Kier alpha value is -1.14. The van der Waals surface area contributed by atoms with Crippen molar-refractivity contribution >= 4 is 33.2 Å². The zero-order chi connectivity index (χ0) is 14.0. The fraction of sp³-hybridized carbons (Fsp3) is 0.167. The van der Waals surface area contributed by atoms with Gasteiger partial charge in [-0.25, -0.2) is 0 Å². The van der Waals surface area contributed by atoms with Crippen molar-refractivity contribution in [2.75, 3.05) is 5.32 Å². The van der Waals surface area contributed by atoms with E-state index in [-0.39, 0.29) is 17.5 Å². The summed E-state index contributed by atoms with van der Waals surface area (Å²) >= 11 is 8.61. The molecule has 7 heteroatoms. The van der Waals surface area contributed by atoms with Gasteiger partial charge < -0.3 is 9.73 Å². The molecule has 2 aromatic rings. The van der Waals surface area contributed by atoms with Crippen molar-refractivity contribution in [3.05, 3.63) is 51.3 Å². The van der Waals surface area contributed by atoms with Crippen LogP contribution in [-0.2, 0) is 12.7 Å². The van der Waals surface area contributed by atoms with E-state index in [2.05, 4.69) is 21.2 Å². The van der Waals surface area contributed by atoms with Crippen molar-refractivity contribution in [1.29, 1.82) is 0 Å². The zero-order valence-electron chi connectivity index (χ0n) is 9.39. The molecular weight excluding hydrogens is 346 g/mol. The molecule has 0 radical (unpaired) electrons. The molecule has 0 atom stereocenters. The standard InChI is InChI=1S/C12H8BrClF3NO/c13-7-1-3-10(9(5-7)12(15,16)17)18-6-8-2-4-11(14)19-8/h1-5,18H,6H2. The van der Waals surface area contributed by atoms with Gasteiger partial charge in [0.25, 0.3) is 0 Å². The number of halogens is 5. The average Bonchev–Trinajstić information content (AvgIpc) is 2.72. The Morgan fingerprint density at radius 1 is 1.21 bits per heavy atom. The number of hydrogen-bond donors (Lipinski definition) is 1. The van der Waals surface area contributed by atoms with E-state index in [9.17, 15) is 13.2 Å². The summed E-state index contributed by atoms with van der Waals surface area (Å²) in [4.78, 5) is 0. The van der Waals surface area contributed by atoms with Gasteiger partial charge in [-0.3, -0.25) is 0 Å². The highest BCUT2D eigenvalue weighted by Gasteiger charge is 2.33. The van der Waals surface area contributed by atoms with Gasteiger partial charge in [0.15, 0.2) is 5.22 Å². The molecule has 0 saturated carbocycles. The van der Waals surface area contributed by atoms with Crippen LogP contribution in [0.5, 0.6) is 0 Å². The van der Waals surface area contributed by atoms with Crippen molar-refractivity contribution < 1.29 is 17.6 Å². The molecule has 0 aliphatic rings. The van der Waals surface area contributed by atoms with Crippen molar-refractivity contribution in [2.45, 2.75) is 12.7 Å². The molecule has 0 aliphatic heterocycles. The predicted octanol–water partition coefficient (Wildman–Crippen LogP) is 5.33. The Kier molecular flexibility index (Phi) is 4.10. The van der Waals surface area contributed by atoms with Gasteiger partial charge >= 0.3 is 6.18 Å². The highest BCUT2D eigenvalue weighted by atomic mass is 79.9. The van der Waals surface area contributed by atoms with Gasteiger partial charge in [0.05, 0.1) is 12.1 Å². The molecule has 1 N–H and O–H groups in total. The predicted molar refractivity (Wildman–Crippen MR) is 70.2 cm³/mol. The van der Waals surface area contributed by atoms with Crippen molar-refractivity contribution in [1.82, 2.24) is 0 Å². The molecule has 19 heavy (non-hydrogen) atoms. The van der Waals surface area contributed by atoms with E-state index in [1.165, 1.54) is 18.2 Å². The number of benzene rings is 1. The van der Waals surface area contributed by atoms with Gasteiger partial charge in [0, 0.05) is 10.2 Å². The van der Waals surface area contributed by atoms with E-state index in [0.717, 1.165) is 6.07 Å². The first kappa shape index (κ1) is 14.3. The number of hydrogen-bond acceptors (Lipinski definition) is 2. The first-order valence-electron chi connectivity index (χ1n) is 5.21. The summed E-state index contributed by atoms with van der Waals surface area (Å²) in [6.45, 7) is 0.122. The highest BCUT2D eigenvalue weighted by molar-refractivity contribution is 9.10. The lowest BCUT2D eigenvalue weighted by Crippen LogP contribution is -2.10. The van der Waals surface area contributed by atoms with Crippen LogP contribution in [0.1, 0.15) is 11.3 Å². The summed E-state index contributed by atoms with van der Waals surface area (Å²) in [7, 11) is 0. The second-order valence-corrected chi connectivity index (χ2v) is 5.04. The van der Waals surface area contributed by atoms with Crippen LogP contribution in [0, 0.1) is 0 Å². The Bertz CT molecular complexity index is 583. The maximum absolute atomic E-state index is 12.9. The van der Waals surface area contributed by atoms with Crippen molar-refractivity contribution in [3.8, 4) is 0 Å². The van der Waals surface area contributed by atoms with Crippen molar-refractivity contribution in [2.24, 2.45) is 0 Å². The summed E-state index contributed by atoms with van der Waals surface area (Å²) < 4.78 is 44.0. The molecule has 102 valence electrons. The second kappa shape index (κ2) is 5.46. The summed E-state index contributed by atoms with van der Waals surface area (Å²) in [5.41, 5.74) is -0.747. The van der Waals surface area contributed by atoms with E-state index in [1.54, 1.807) is 6.07 Å². The summed E-state index contributed by atoms with van der Waals surface area (Å²) in [6, 6.07) is 7.05. The molecule has 1 aromatic carbocycles. The zero-order valence-corrected chi connectivity index (χ0v) is 11.7. The average molecular weight is 355 g/mol.